The number of rotatable bonds is 5. The Morgan fingerprint density at radius 1 is 1.32 bits per heavy atom. The molecule has 0 aromatic heterocycles. The Morgan fingerprint density at radius 3 is 2.95 bits per heavy atom. The van der Waals surface area contributed by atoms with Crippen molar-refractivity contribution in [3.63, 3.8) is 0 Å². The van der Waals surface area contributed by atoms with Gasteiger partial charge in [-0.3, -0.25) is 4.79 Å². The number of carbonyl (C=O) groups excluding carboxylic acids is 1. The van der Waals surface area contributed by atoms with Gasteiger partial charge in [0.15, 0.2) is 0 Å². The second-order valence-electron chi connectivity index (χ2n) is 5.93. The van der Waals surface area contributed by atoms with E-state index in [9.17, 15) is 4.79 Å². The second kappa shape index (κ2) is 6.39. The Morgan fingerprint density at radius 2 is 2.18 bits per heavy atom. The van der Waals surface area contributed by atoms with Gasteiger partial charge in [0, 0.05) is 18.5 Å². The van der Waals surface area contributed by atoms with Crippen LogP contribution in [0.1, 0.15) is 42.9 Å². The van der Waals surface area contributed by atoms with Gasteiger partial charge in [0.2, 0.25) is 5.91 Å². The first-order chi connectivity index (χ1) is 10.7. The normalized spacial score (nSPS) is 15.5. The highest BCUT2D eigenvalue weighted by Gasteiger charge is 2.24. The van der Waals surface area contributed by atoms with Crippen molar-refractivity contribution < 1.29 is 9.53 Å². The minimum atomic E-state index is 0.145. The third kappa shape index (κ3) is 2.68. The summed E-state index contributed by atoms with van der Waals surface area (Å²) in [5.41, 5.74) is 6.65. The van der Waals surface area contributed by atoms with Crippen molar-refractivity contribution in [2.75, 3.05) is 13.7 Å². The van der Waals surface area contributed by atoms with Crippen LogP contribution in [0.15, 0.2) is 29.9 Å². The Balaban J connectivity index is 1.93. The van der Waals surface area contributed by atoms with Crippen LogP contribution in [0, 0.1) is 0 Å². The molecule has 1 N–H and O–H groups in total. The molecule has 1 amide bonds. The molecule has 2 aliphatic carbocycles. The average molecular weight is 297 g/mol. The lowest BCUT2D eigenvalue weighted by molar-refractivity contribution is -0.120. The molecular weight excluding hydrogens is 274 g/mol. The van der Waals surface area contributed by atoms with E-state index in [2.05, 4.69) is 29.6 Å². The molecule has 0 saturated carbocycles. The van der Waals surface area contributed by atoms with Gasteiger partial charge >= 0.3 is 0 Å². The molecule has 3 nitrogen and oxygen atoms in total. The van der Waals surface area contributed by atoms with Crippen LogP contribution in [-0.2, 0) is 17.6 Å². The Bertz CT molecular complexity index is 656. The third-order valence-corrected chi connectivity index (χ3v) is 4.50. The minimum Gasteiger partial charge on any atom is -0.496 e. The fourth-order valence-corrected chi connectivity index (χ4v) is 3.42. The van der Waals surface area contributed by atoms with E-state index in [1.54, 1.807) is 7.11 Å². The quantitative estimate of drug-likeness (QED) is 0.904. The van der Waals surface area contributed by atoms with Crippen molar-refractivity contribution in [2.24, 2.45) is 0 Å². The molecule has 0 aliphatic heterocycles. The number of amides is 1. The van der Waals surface area contributed by atoms with E-state index >= 15 is 0 Å². The van der Waals surface area contributed by atoms with Crippen molar-refractivity contribution in [1.82, 2.24) is 5.32 Å². The molecule has 3 rings (SSSR count). The van der Waals surface area contributed by atoms with E-state index in [4.69, 9.17) is 4.74 Å². The molecule has 0 radical (unpaired) electrons. The SMILES string of the molecule is CCCC(=O)NCC1=C2C=CCc3ccc(OC)c(c32)CC1. The van der Waals surface area contributed by atoms with E-state index in [0.29, 0.717) is 13.0 Å². The van der Waals surface area contributed by atoms with Crippen molar-refractivity contribution in [2.45, 2.75) is 39.0 Å². The predicted octanol–water partition coefficient (Wildman–Crippen LogP) is 3.42. The fourth-order valence-electron chi connectivity index (χ4n) is 3.42. The molecule has 0 bridgehead atoms. The second-order valence-corrected chi connectivity index (χ2v) is 5.93. The maximum Gasteiger partial charge on any atom is 0.220 e. The van der Waals surface area contributed by atoms with Crippen LogP contribution in [0.5, 0.6) is 5.75 Å². The van der Waals surface area contributed by atoms with Crippen LogP contribution in [0.25, 0.3) is 5.57 Å². The highest BCUT2D eigenvalue weighted by Crippen LogP contribution is 2.41. The van der Waals surface area contributed by atoms with Gasteiger partial charge in [-0.15, -0.1) is 0 Å². The molecule has 0 saturated heterocycles. The first-order valence-electron chi connectivity index (χ1n) is 8.09. The first-order valence-corrected chi connectivity index (χ1v) is 8.09. The van der Waals surface area contributed by atoms with Crippen molar-refractivity contribution in [1.29, 1.82) is 0 Å². The molecule has 1 aromatic rings. The molecule has 0 heterocycles. The number of allylic oxidation sites excluding steroid dienone is 3. The largest absolute Gasteiger partial charge is 0.496 e. The monoisotopic (exact) mass is 297 g/mol. The highest BCUT2D eigenvalue weighted by molar-refractivity contribution is 5.86. The summed E-state index contributed by atoms with van der Waals surface area (Å²) in [5.74, 6) is 1.13. The van der Waals surface area contributed by atoms with Gasteiger partial charge in [-0.05, 0) is 54.0 Å². The molecule has 2 aliphatic rings. The Labute approximate surface area is 132 Å². The van der Waals surface area contributed by atoms with Gasteiger partial charge in [0.1, 0.15) is 5.75 Å². The van der Waals surface area contributed by atoms with Crippen molar-refractivity contribution in [3.05, 3.63) is 46.5 Å². The molecule has 1 aromatic carbocycles. The van der Waals surface area contributed by atoms with Crippen LogP contribution in [-0.4, -0.2) is 19.6 Å². The zero-order valence-electron chi connectivity index (χ0n) is 13.4. The van der Waals surface area contributed by atoms with Crippen molar-refractivity contribution in [3.8, 4) is 5.75 Å². The molecular formula is C19H23NO2. The summed E-state index contributed by atoms with van der Waals surface area (Å²) < 4.78 is 5.53. The number of methoxy groups -OCH3 is 1. The fraction of sp³-hybridized carbons (Fsp3) is 0.421. The maximum absolute atomic E-state index is 11.7. The van der Waals surface area contributed by atoms with E-state index in [-0.39, 0.29) is 5.91 Å². The molecule has 22 heavy (non-hydrogen) atoms. The molecule has 0 unspecified atom stereocenters. The number of nitrogens with one attached hydrogen (secondary N) is 1. The number of ether oxygens (including phenoxy) is 1. The molecule has 116 valence electrons. The van der Waals surface area contributed by atoms with Gasteiger partial charge in [0.05, 0.1) is 7.11 Å². The summed E-state index contributed by atoms with van der Waals surface area (Å²) in [7, 11) is 1.74. The Hall–Kier alpha value is -2.03. The number of hydrogen-bond acceptors (Lipinski definition) is 2. The third-order valence-electron chi connectivity index (χ3n) is 4.50. The summed E-state index contributed by atoms with van der Waals surface area (Å²) in [5, 5.41) is 3.06. The number of benzene rings is 1. The van der Waals surface area contributed by atoms with E-state index < -0.39 is 0 Å². The van der Waals surface area contributed by atoms with Crippen LogP contribution >= 0.6 is 0 Å². The average Bonchev–Trinajstić information content (AvgIpc) is 2.55. The zero-order valence-corrected chi connectivity index (χ0v) is 13.4. The zero-order chi connectivity index (χ0) is 15.5. The van der Waals surface area contributed by atoms with Crippen LogP contribution in [0.2, 0.25) is 0 Å². The van der Waals surface area contributed by atoms with Gasteiger partial charge in [-0.25, -0.2) is 0 Å². The van der Waals surface area contributed by atoms with E-state index in [1.807, 2.05) is 6.92 Å². The topological polar surface area (TPSA) is 38.3 Å². The summed E-state index contributed by atoms with van der Waals surface area (Å²) in [4.78, 5) is 11.7. The lowest BCUT2D eigenvalue weighted by atomic mass is 9.79. The summed E-state index contributed by atoms with van der Waals surface area (Å²) in [6.45, 7) is 2.69. The van der Waals surface area contributed by atoms with Crippen molar-refractivity contribution >= 4 is 11.5 Å². The smallest absolute Gasteiger partial charge is 0.220 e. The molecule has 0 atom stereocenters. The summed E-state index contributed by atoms with van der Waals surface area (Å²) in [6, 6.07) is 4.25. The first kappa shape index (κ1) is 14.9. The minimum absolute atomic E-state index is 0.145. The van der Waals surface area contributed by atoms with Crippen LogP contribution in [0.4, 0.5) is 0 Å². The van der Waals surface area contributed by atoms with Crippen LogP contribution in [0.3, 0.4) is 0 Å². The molecule has 0 fully saturated rings. The maximum atomic E-state index is 11.7. The number of hydrogen-bond donors (Lipinski definition) is 1. The lowest BCUT2D eigenvalue weighted by Gasteiger charge is -2.28. The van der Waals surface area contributed by atoms with Gasteiger partial charge in [0.25, 0.3) is 0 Å². The van der Waals surface area contributed by atoms with E-state index in [0.717, 1.165) is 31.4 Å². The Kier molecular flexibility index (Phi) is 4.32. The molecule has 3 heteroatoms. The lowest BCUT2D eigenvalue weighted by Crippen LogP contribution is -2.27. The number of carbonyl (C=O) groups is 1. The highest BCUT2D eigenvalue weighted by atomic mass is 16.5. The van der Waals surface area contributed by atoms with Gasteiger partial charge in [-0.2, -0.15) is 0 Å². The summed E-state index contributed by atoms with van der Waals surface area (Å²) >= 11 is 0. The van der Waals surface area contributed by atoms with Gasteiger partial charge in [-0.1, -0.05) is 25.1 Å². The standard InChI is InChI=1S/C19H23NO2/c1-3-5-18(21)20-12-14-8-10-16-17(22-2)11-9-13-6-4-7-15(14)19(13)16/h4,7,9,11H,3,5-6,8,10,12H2,1-2H3,(H,20,21). The predicted molar refractivity (Wildman–Crippen MR) is 89.0 cm³/mol. The van der Waals surface area contributed by atoms with E-state index in [1.165, 1.54) is 27.8 Å². The van der Waals surface area contributed by atoms with Crippen LogP contribution < -0.4 is 10.1 Å². The van der Waals surface area contributed by atoms with Gasteiger partial charge < -0.3 is 10.1 Å². The molecule has 0 spiro atoms. The summed E-state index contributed by atoms with van der Waals surface area (Å²) in [6.07, 6.45) is 8.88.